The van der Waals surface area contributed by atoms with Gasteiger partial charge in [-0.2, -0.15) is 0 Å². The van der Waals surface area contributed by atoms with Crippen molar-refractivity contribution in [1.29, 1.82) is 0 Å². The summed E-state index contributed by atoms with van der Waals surface area (Å²) in [4.78, 5) is 16.3. The van der Waals surface area contributed by atoms with Gasteiger partial charge in [-0.15, -0.1) is 0 Å². The number of imidazole rings is 1. The minimum Gasteiger partial charge on any atom is -0.336 e. The van der Waals surface area contributed by atoms with Gasteiger partial charge in [0.05, 0.1) is 30.2 Å². The molecule has 0 N–H and O–H groups in total. The van der Waals surface area contributed by atoms with Gasteiger partial charge in [-0.05, 0) is 44.4 Å². The Balaban J connectivity index is 2.27. The summed E-state index contributed by atoms with van der Waals surface area (Å²) < 4.78 is 7.17. The van der Waals surface area contributed by atoms with Crippen LogP contribution in [0.3, 0.4) is 0 Å². The largest absolute Gasteiger partial charge is 0.336 e. The van der Waals surface area contributed by atoms with Crippen LogP contribution < -0.4 is 0 Å². The van der Waals surface area contributed by atoms with Crippen molar-refractivity contribution in [3.8, 4) is 0 Å². The molecule has 0 aliphatic carbocycles. The molecule has 0 amide bonds. The van der Waals surface area contributed by atoms with Crippen LogP contribution in [0, 0.1) is 20.8 Å². The van der Waals surface area contributed by atoms with E-state index in [1.807, 2.05) is 17.7 Å². The van der Waals surface area contributed by atoms with Crippen molar-refractivity contribution in [2.75, 3.05) is 6.61 Å². The molecule has 4 nitrogen and oxygen atoms in total. The molecule has 6 heteroatoms. The number of hydrogen-bond donors (Lipinski definition) is 0. The lowest BCUT2D eigenvalue weighted by Gasteiger charge is -2.21. The summed E-state index contributed by atoms with van der Waals surface area (Å²) in [5.74, 6) is 0. The fourth-order valence-corrected chi connectivity index (χ4v) is 4.55. The van der Waals surface area contributed by atoms with Crippen LogP contribution in [0.15, 0.2) is 30.9 Å². The minimum atomic E-state index is -0.0173. The van der Waals surface area contributed by atoms with Gasteiger partial charge in [0.1, 0.15) is 0 Å². The number of nitrogens with zero attached hydrogens (tertiary/aromatic N) is 2. The van der Waals surface area contributed by atoms with Crippen LogP contribution in [0.1, 0.15) is 34.4 Å². The third kappa shape index (κ3) is 5.12. The average molecular weight is 351 g/mol. The second kappa shape index (κ2) is 8.57. The molecule has 0 aliphatic heterocycles. The fraction of sp³-hybridized carbons (Fsp3) is 0.412. The van der Waals surface area contributed by atoms with Crippen LogP contribution in [0.5, 0.6) is 0 Å². The lowest BCUT2D eigenvalue weighted by Crippen LogP contribution is -2.10. The molecule has 1 aromatic carbocycles. The zero-order valence-electron chi connectivity index (χ0n) is 13.9. The van der Waals surface area contributed by atoms with Crippen LogP contribution in [0.25, 0.3) is 0 Å². The number of rotatable bonds is 6. The zero-order valence-corrected chi connectivity index (χ0v) is 15.5. The molecule has 1 atom stereocenters. The first-order chi connectivity index (χ1) is 11.0. The molecule has 0 aliphatic rings. The summed E-state index contributed by atoms with van der Waals surface area (Å²) in [7, 11) is 0. The summed E-state index contributed by atoms with van der Waals surface area (Å²) in [5, 5.41) is 0.0326. The van der Waals surface area contributed by atoms with E-state index in [4.69, 9.17) is 4.18 Å². The molecule has 124 valence electrons. The first-order valence-corrected chi connectivity index (χ1v) is 9.17. The standard InChI is InChI=1S/C17H22N2O2S2/c1-5-21-23-17(20)22-15(10-19-7-6-18-11-19)16-13(3)8-12(2)9-14(16)4/h6-9,11,15H,5,10H2,1-4H3. The van der Waals surface area contributed by atoms with Crippen LogP contribution in [0.2, 0.25) is 0 Å². The second-order valence-corrected chi connectivity index (χ2v) is 7.63. The summed E-state index contributed by atoms with van der Waals surface area (Å²) >= 11 is 2.25. The average Bonchev–Trinajstić information content (AvgIpc) is 2.96. The molecule has 0 bridgehead atoms. The van der Waals surface area contributed by atoms with Gasteiger partial charge in [0.2, 0.25) is 0 Å². The van der Waals surface area contributed by atoms with Gasteiger partial charge in [-0.25, -0.2) is 4.98 Å². The number of hydrogen-bond acceptors (Lipinski definition) is 5. The van der Waals surface area contributed by atoms with Gasteiger partial charge in [0, 0.05) is 18.9 Å². The lowest BCUT2D eigenvalue weighted by molar-refractivity contribution is 0.274. The summed E-state index contributed by atoms with van der Waals surface area (Å²) in [6.45, 7) is 9.41. The molecule has 0 fully saturated rings. The van der Waals surface area contributed by atoms with E-state index in [-0.39, 0.29) is 9.70 Å². The molecule has 1 aromatic heterocycles. The van der Waals surface area contributed by atoms with E-state index in [9.17, 15) is 4.79 Å². The van der Waals surface area contributed by atoms with E-state index in [0.29, 0.717) is 13.2 Å². The highest BCUT2D eigenvalue weighted by atomic mass is 32.2. The number of aryl methyl sites for hydroxylation is 3. The van der Waals surface area contributed by atoms with Crippen LogP contribution >= 0.6 is 23.8 Å². The highest BCUT2D eigenvalue weighted by molar-refractivity contribution is 8.36. The van der Waals surface area contributed by atoms with Crippen LogP contribution in [-0.4, -0.2) is 20.6 Å². The van der Waals surface area contributed by atoms with Gasteiger partial charge < -0.3 is 8.75 Å². The number of benzene rings is 1. The van der Waals surface area contributed by atoms with Crippen molar-refractivity contribution in [3.05, 3.63) is 53.1 Å². The molecule has 23 heavy (non-hydrogen) atoms. The number of carbonyl (C=O) groups excluding carboxylic acids is 1. The molecule has 2 aromatic rings. The Bertz CT molecular complexity index is 634. The SMILES string of the molecule is CCOSC(=O)SC(Cn1ccnc1)c1c(C)cc(C)cc1C. The maximum absolute atomic E-state index is 12.2. The predicted octanol–water partition coefficient (Wildman–Crippen LogP) is 5.09. The summed E-state index contributed by atoms with van der Waals surface area (Å²) in [6.07, 6.45) is 5.46. The van der Waals surface area contributed by atoms with E-state index in [1.165, 1.54) is 34.0 Å². The Morgan fingerprint density at radius 2 is 2.00 bits per heavy atom. The van der Waals surface area contributed by atoms with Gasteiger partial charge in [-0.3, -0.25) is 4.79 Å². The maximum Gasteiger partial charge on any atom is 0.273 e. The molecule has 0 radical (unpaired) electrons. The van der Waals surface area contributed by atoms with E-state index < -0.39 is 0 Å². The first kappa shape index (κ1) is 18.1. The molecule has 1 heterocycles. The molecular weight excluding hydrogens is 328 g/mol. The van der Waals surface area contributed by atoms with Crippen molar-refractivity contribution >= 4 is 28.3 Å². The van der Waals surface area contributed by atoms with Gasteiger partial charge in [0.25, 0.3) is 4.45 Å². The van der Waals surface area contributed by atoms with E-state index in [2.05, 4.69) is 37.9 Å². The Labute approximate surface area is 146 Å². The topological polar surface area (TPSA) is 44.1 Å². The Hall–Kier alpha value is -1.24. The van der Waals surface area contributed by atoms with Gasteiger partial charge in [-0.1, -0.05) is 29.5 Å². The van der Waals surface area contributed by atoms with E-state index in [1.54, 1.807) is 12.5 Å². The first-order valence-electron chi connectivity index (χ1n) is 7.54. The third-order valence-corrected chi connectivity index (χ3v) is 5.32. The Morgan fingerprint density at radius 1 is 1.30 bits per heavy atom. The number of carbonyl (C=O) groups is 1. The molecule has 0 saturated heterocycles. The molecule has 0 saturated carbocycles. The van der Waals surface area contributed by atoms with Crippen molar-refractivity contribution in [2.45, 2.75) is 39.5 Å². The molecule has 2 rings (SSSR count). The van der Waals surface area contributed by atoms with Gasteiger partial charge >= 0.3 is 0 Å². The lowest BCUT2D eigenvalue weighted by atomic mass is 9.97. The van der Waals surface area contributed by atoms with Crippen LogP contribution in [0.4, 0.5) is 4.79 Å². The Kier molecular flexibility index (Phi) is 6.74. The van der Waals surface area contributed by atoms with Crippen molar-refractivity contribution in [3.63, 3.8) is 0 Å². The predicted molar refractivity (Wildman–Crippen MR) is 97.8 cm³/mol. The maximum atomic E-state index is 12.2. The van der Waals surface area contributed by atoms with E-state index in [0.717, 1.165) is 12.0 Å². The van der Waals surface area contributed by atoms with Gasteiger partial charge in [0.15, 0.2) is 0 Å². The molecule has 1 unspecified atom stereocenters. The summed E-state index contributed by atoms with van der Waals surface area (Å²) in [6, 6.07) is 4.34. The normalized spacial score (nSPS) is 12.3. The Morgan fingerprint density at radius 3 is 2.57 bits per heavy atom. The zero-order chi connectivity index (χ0) is 16.8. The van der Waals surface area contributed by atoms with E-state index >= 15 is 0 Å². The molecular formula is C17H22N2O2S2. The van der Waals surface area contributed by atoms with Crippen molar-refractivity contribution < 1.29 is 8.98 Å². The monoisotopic (exact) mass is 350 g/mol. The smallest absolute Gasteiger partial charge is 0.273 e. The fourth-order valence-electron chi connectivity index (χ4n) is 2.72. The second-order valence-electron chi connectivity index (χ2n) is 5.42. The number of thioether (sulfide) groups is 1. The highest BCUT2D eigenvalue weighted by Gasteiger charge is 2.22. The quantitative estimate of drug-likeness (QED) is 0.679. The van der Waals surface area contributed by atoms with Crippen molar-refractivity contribution in [2.24, 2.45) is 0 Å². The van der Waals surface area contributed by atoms with Crippen molar-refractivity contribution in [1.82, 2.24) is 9.55 Å². The minimum absolute atomic E-state index is 0.0173. The molecule has 0 spiro atoms. The summed E-state index contributed by atoms with van der Waals surface area (Å²) in [5.41, 5.74) is 4.90. The number of aromatic nitrogens is 2. The highest BCUT2D eigenvalue weighted by Crippen LogP contribution is 2.38. The van der Waals surface area contributed by atoms with Crippen LogP contribution in [-0.2, 0) is 10.7 Å². The third-order valence-electron chi connectivity index (χ3n) is 3.48.